The quantitative estimate of drug-likeness (QED) is 0.262. The minimum absolute atomic E-state index is 0. The SMILES string of the molecule is CC(=O)CC(=O)c1ccccc1.CC(=O)CC(=O)c1ccccc1.CC(=O)CC(=O)c1ccccc1.[Cr]. The van der Waals surface area contributed by atoms with E-state index in [1.54, 1.807) is 72.8 Å². The molecule has 0 aliphatic carbocycles. The molecule has 0 aliphatic rings. The predicted molar refractivity (Wildman–Crippen MR) is 138 cm³/mol. The maximum atomic E-state index is 11.2. The van der Waals surface area contributed by atoms with Crippen molar-refractivity contribution in [3.63, 3.8) is 0 Å². The number of rotatable bonds is 9. The van der Waals surface area contributed by atoms with Gasteiger partial charge in [0.2, 0.25) is 0 Å². The molecule has 7 heteroatoms. The molecule has 0 spiro atoms. The van der Waals surface area contributed by atoms with Gasteiger partial charge in [0, 0.05) is 34.1 Å². The second-order valence-corrected chi connectivity index (χ2v) is 8.00. The zero-order valence-corrected chi connectivity index (χ0v) is 22.4. The molecule has 0 aliphatic heterocycles. The van der Waals surface area contributed by atoms with E-state index in [2.05, 4.69) is 0 Å². The Labute approximate surface area is 228 Å². The maximum absolute atomic E-state index is 11.2. The molecule has 0 amide bonds. The summed E-state index contributed by atoms with van der Waals surface area (Å²) in [5, 5.41) is 0. The largest absolute Gasteiger partial charge is 0.300 e. The van der Waals surface area contributed by atoms with Gasteiger partial charge < -0.3 is 0 Å². The number of carbonyl (C=O) groups is 6. The van der Waals surface area contributed by atoms with E-state index in [0.29, 0.717) is 16.7 Å². The Balaban J connectivity index is 0.000000518. The molecule has 0 aromatic heterocycles. The van der Waals surface area contributed by atoms with E-state index in [1.165, 1.54) is 20.8 Å². The first kappa shape index (κ1) is 33.2. The third kappa shape index (κ3) is 15.0. The Bertz CT molecular complexity index is 1020. The summed E-state index contributed by atoms with van der Waals surface area (Å²) in [5.41, 5.74) is 1.81. The predicted octanol–water partition coefficient (Wildman–Crippen LogP) is 5.54. The third-order valence-corrected chi connectivity index (χ3v) is 4.52. The van der Waals surface area contributed by atoms with Crippen LogP contribution in [0.2, 0.25) is 0 Å². The molecule has 37 heavy (non-hydrogen) atoms. The van der Waals surface area contributed by atoms with Crippen LogP contribution in [0, 0.1) is 0 Å². The normalized spacial score (nSPS) is 9.16. The molecule has 3 aromatic rings. The molecule has 0 radical (unpaired) electrons. The molecule has 0 fully saturated rings. The van der Waals surface area contributed by atoms with Gasteiger partial charge in [-0.3, -0.25) is 28.8 Å². The van der Waals surface area contributed by atoms with Crippen LogP contribution in [-0.4, -0.2) is 34.7 Å². The molecule has 0 heterocycles. The summed E-state index contributed by atoms with van der Waals surface area (Å²) in [5.74, 6) is -0.606. The smallest absolute Gasteiger partial charge is 0.170 e. The van der Waals surface area contributed by atoms with Gasteiger partial charge in [-0.2, -0.15) is 0 Å². The Hall–Kier alpha value is -3.79. The van der Waals surface area contributed by atoms with Crippen molar-refractivity contribution in [2.75, 3.05) is 0 Å². The molecule has 0 N–H and O–H groups in total. The summed E-state index contributed by atoms with van der Waals surface area (Å²) in [6, 6.07) is 26.5. The van der Waals surface area contributed by atoms with E-state index < -0.39 is 0 Å². The fourth-order valence-corrected chi connectivity index (χ4v) is 2.86. The average Bonchev–Trinajstić information content (AvgIpc) is 2.85. The fraction of sp³-hybridized carbons (Fsp3) is 0.200. The van der Waals surface area contributed by atoms with Gasteiger partial charge in [-0.1, -0.05) is 91.0 Å². The molecule has 0 atom stereocenters. The number of Topliss-reactive ketones (excluding diaryl/α,β-unsaturated/α-hetero) is 6. The summed E-state index contributed by atoms with van der Waals surface area (Å²) in [6.45, 7) is 4.25. The molecule has 3 rings (SSSR count). The first-order chi connectivity index (χ1) is 17.1. The summed E-state index contributed by atoms with van der Waals surface area (Å²) >= 11 is 0. The summed E-state index contributed by atoms with van der Waals surface area (Å²) in [4.78, 5) is 65.5. The van der Waals surface area contributed by atoms with Gasteiger partial charge in [-0.15, -0.1) is 0 Å². The van der Waals surface area contributed by atoms with Crippen molar-refractivity contribution in [2.45, 2.75) is 40.0 Å². The first-order valence-electron chi connectivity index (χ1n) is 11.3. The molecule has 0 saturated heterocycles. The van der Waals surface area contributed by atoms with Crippen LogP contribution in [0.1, 0.15) is 71.1 Å². The number of ketones is 6. The molecule has 0 bridgehead atoms. The third-order valence-electron chi connectivity index (χ3n) is 4.52. The Morgan fingerprint density at radius 3 is 0.757 bits per heavy atom. The van der Waals surface area contributed by atoms with Crippen molar-refractivity contribution in [1.29, 1.82) is 0 Å². The Morgan fingerprint density at radius 1 is 0.405 bits per heavy atom. The van der Waals surface area contributed by atoms with Crippen LogP contribution < -0.4 is 0 Å². The topological polar surface area (TPSA) is 102 Å². The number of carbonyl (C=O) groups excluding carboxylic acids is 6. The second kappa shape index (κ2) is 18.5. The summed E-state index contributed by atoms with van der Waals surface area (Å²) in [6.07, 6.45) is 0.0119. The molecule has 192 valence electrons. The zero-order chi connectivity index (χ0) is 26.9. The molecule has 0 saturated carbocycles. The van der Waals surface area contributed by atoms with E-state index in [0.717, 1.165) is 0 Å². The van der Waals surface area contributed by atoms with E-state index in [4.69, 9.17) is 0 Å². The molecule has 0 unspecified atom stereocenters. The van der Waals surface area contributed by atoms with E-state index >= 15 is 0 Å². The van der Waals surface area contributed by atoms with Gasteiger partial charge in [-0.25, -0.2) is 0 Å². The van der Waals surface area contributed by atoms with Crippen LogP contribution in [0.4, 0.5) is 0 Å². The van der Waals surface area contributed by atoms with Gasteiger partial charge in [0.25, 0.3) is 0 Å². The van der Waals surface area contributed by atoms with E-state index in [1.807, 2.05) is 18.2 Å². The van der Waals surface area contributed by atoms with Crippen molar-refractivity contribution in [3.05, 3.63) is 108 Å². The minimum atomic E-state index is -0.108. The molecule has 3 aromatic carbocycles. The maximum Gasteiger partial charge on any atom is 0.170 e. The van der Waals surface area contributed by atoms with Crippen molar-refractivity contribution in [1.82, 2.24) is 0 Å². The van der Waals surface area contributed by atoms with Crippen molar-refractivity contribution in [3.8, 4) is 0 Å². The molecular formula is C30H30CrO6. The van der Waals surface area contributed by atoms with Crippen LogP contribution in [0.3, 0.4) is 0 Å². The van der Waals surface area contributed by atoms with Gasteiger partial charge in [0.1, 0.15) is 17.3 Å². The minimum Gasteiger partial charge on any atom is -0.300 e. The van der Waals surface area contributed by atoms with Gasteiger partial charge in [-0.05, 0) is 20.8 Å². The number of hydrogen-bond acceptors (Lipinski definition) is 6. The van der Waals surface area contributed by atoms with Crippen LogP contribution in [0.15, 0.2) is 91.0 Å². The van der Waals surface area contributed by atoms with Crippen LogP contribution in [0.5, 0.6) is 0 Å². The number of hydrogen-bond donors (Lipinski definition) is 0. The van der Waals surface area contributed by atoms with Crippen LogP contribution in [0.25, 0.3) is 0 Å². The second-order valence-electron chi connectivity index (χ2n) is 8.00. The van der Waals surface area contributed by atoms with Crippen molar-refractivity contribution < 1.29 is 46.1 Å². The average molecular weight is 539 g/mol. The standard InChI is InChI=1S/3C10H10O2.Cr/c3*1-8(11)7-10(12)9-5-3-2-4-6-9;/h3*2-6H,7H2,1H3;. The van der Waals surface area contributed by atoms with Crippen molar-refractivity contribution in [2.24, 2.45) is 0 Å². The van der Waals surface area contributed by atoms with Gasteiger partial charge in [0.15, 0.2) is 17.3 Å². The van der Waals surface area contributed by atoms with Crippen LogP contribution >= 0.6 is 0 Å². The Morgan fingerprint density at radius 2 is 0.595 bits per heavy atom. The Kier molecular flexibility index (Phi) is 16.6. The van der Waals surface area contributed by atoms with E-state index in [-0.39, 0.29) is 71.3 Å². The zero-order valence-electron chi connectivity index (χ0n) is 21.1. The number of benzene rings is 3. The van der Waals surface area contributed by atoms with E-state index in [9.17, 15) is 28.8 Å². The van der Waals surface area contributed by atoms with Gasteiger partial charge in [0.05, 0.1) is 19.3 Å². The summed E-state index contributed by atoms with van der Waals surface area (Å²) < 4.78 is 0. The molecular weight excluding hydrogens is 508 g/mol. The van der Waals surface area contributed by atoms with Crippen molar-refractivity contribution >= 4 is 34.7 Å². The molecule has 6 nitrogen and oxygen atoms in total. The monoisotopic (exact) mass is 538 g/mol. The van der Waals surface area contributed by atoms with Gasteiger partial charge >= 0.3 is 0 Å². The fourth-order valence-electron chi connectivity index (χ4n) is 2.86. The van der Waals surface area contributed by atoms with Crippen LogP contribution in [-0.2, 0) is 31.7 Å². The summed E-state index contributed by atoms with van der Waals surface area (Å²) in [7, 11) is 0. The first-order valence-corrected chi connectivity index (χ1v) is 11.3.